The molecule has 0 heterocycles. The first-order valence-corrected chi connectivity index (χ1v) is 11.3. The molecule has 0 radical (unpaired) electrons. The lowest BCUT2D eigenvalue weighted by molar-refractivity contribution is 0.0599. The number of benzene rings is 3. The summed E-state index contributed by atoms with van der Waals surface area (Å²) in [6.07, 6.45) is 3.55. The number of methoxy groups -OCH3 is 1. The Morgan fingerprint density at radius 1 is 0.909 bits per heavy atom. The molecule has 0 atom stereocenters. The normalized spacial score (nSPS) is 13.2. The van der Waals surface area contributed by atoms with Crippen LogP contribution in [0.25, 0.3) is 0 Å². The number of ether oxygens (including phenoxy) is 2. The zero-order valence-electron chi connectivity index (χ0n) is 19.1. The van der Waals surface area contributed by atoms with Crippen molar-refractivity contribution in [3.63, 3.8) is 0 Å². The summed E-state index contributed by atoms with van der Waals surface area (Å²) >= 11 is 0. The van der Waals surface area contributed by atoms with Gasteiger partial charge in [-0.25, -0.2) is 4.79 Å². The van der Waals surface area contributed by atoms with Gasteiger partial charge in [0.25, 0.3) is 5.91 Å². The van der Waals surface area contributed by atoms with Crippen LogP contribution in [0.3, 0.4) is 0 Å². The van der Waals surface area contributed by atoms with Crippen LogP contribution in [-0.4, -0.2) is 30.4 Å². The highest BCUT2D eigenvalue weighted by Gasteiger charge is 2.25. The van der Waals surface area contributed by atoms with Crippen LogP contribution in [-0.2, 0) is 11.3 Å². The summed E-state index contributed by atoms with van der Waals surface area (Å²) in [6, 6.07) is 22.4. The van der Waals surface area contributed by atoms with E-state index in [4.69, 9.17) is 9.47 Å². The minimum absolute atomic E-state index is 0.00128. The van der Waals surface area contributed by atoms with Gasteiger partial charge in [0.1, 0.15) is 11.5 Å². The van der Waals surface area contributed by atoms with Crippen molar-refractivity contribution in [3.05, 3.63) is 95.1 Å². The standard InChI is InChI=1S/C28H29NO4/c1-20-6-3-4-9-26(20)33-25-16-14-23(15-17-25)27(30)29(18-21-7-5-8-21)19-22-10-12-24(13-11-22)28(31)32-2/h3-4,6,9-17,21H,5,7-8,18-19H2,1-2H3. The summed E-state index contributed by atoms with van der Waals surface area (Å²) in [5.41, 5.74) is 3.18. The van der Waals surface area contributed by atoms with Gasteiger partial charge >= 0.3 is 5.97 Å². The maximum Gasteiger partial charge on any atom is 0.337 e. The molecule has 0 spiro atoms. The smallest absolute Gasteiger partial charge is 0.337 e. The van der Waals surface area contributed by atoms with E-state index in [-0.39, 0.29) is 11.9 Å². The van der Waals surface area contributed by atoms with Gasteiger partial charge in [-0.3, -0.25) is 4.79 Å². The Hall–Kier alpha value is -3.60. The van der Waals surface area contributed by atoms with E-state index < -0.39 is 0 Å². The van der Waals surface area contributed by atoms with E-state index in [0.717, 1.165) is 36.3 Å². The number of esters is 1. The molecule has 5 heteroatoms. The number of rotatable bonds is 8. The topological polar surface area (TPSA) is 55.8 Å². The van der Waals surface area contributed by atoms with Crippen molar-refractivity contribution >= 4 is 11.9 Å². The fourth-order valence-corrected chi connectivity index (χ4v) is 3.94. The summed E-state index contributed by atoms with van der Waals surface area (Å²) < 4.78 is 10.7. The van der Waals surface area contributed by atoms with Gasteiger partial charge in [0, 0.05) is 18.7 Å². The van der Waals surface area contributed by atoms with Crippen molar-refractivity contribution in [1.82, 2.24) is 4.90 Å². The average Bonchev–Trinajstić information content (AvgIpc) is 2.82. The van der Waals surface area contributed by atoms with Crippen LogP contribution in [0.15, 0.2) is 72.8 Å². The summed E-state index contributed by atoms with van der Waals surface area (Å²) in [5, 5.41) is 0. The van der Waals surface area contributed by atoms with Crippen LogP contribution in [0, 0.1) is 12.8 Å². The molecule has 3 aromatic carbocycles. The number of nitrogens with zero attached hydrogens (tertiary/aromatic N) is 1. The Bertz CT molecular complexity index is 1100. The van der Waals surface area contributed by atoms with Crippen molar-refractivity contribution in [2.75, 3.05) is 13.7 Å². The number of carbonyl (C=O) groups is 2. The molecule has 4 rings (SSSR count). The molecule has 1 fully saturated rings. The molecule has 0 aromatic heterocycles. The lowest BCUT2D eigenvalue weighted by Gasteiger charge is -2.32. The van der Waals surface area contributed by atoms with Crippen LogP contribution in [0.5, 0.6) is 11.5 Å². The molecule has 1 aliphatic carbocycles. The Labute approximate surface area is 194 Å². The quantitative estimate of drug-likeness (QED) is 0.400. The first-order chi connectivity index (χ1) is 16.0. The highest BCUT2D eigenvalue weighted by Crippen LogP contribution is 2.29. The van der Waals surface area contributed by atoms with Gasteiger partial charge in [-0.1, -0.05) is 36.8 Å². The largest absolute Gasteiger partial charge is 0.465 e. The van der Waals surface area contributed by atoms with Gasteiger partial charge in [0.15, 0.2) is 0 Å². The number of carbonyl (C=O) groups excluding carboxylic acids is 2. The maximum atomic E-state index is 13.4. The molecule has 170 valence electrons. The van der Waals surface area contributed by atoms with Crippen molar-refractivity contribution in [1.29, 1.82) is 0 Å². The van der Waals surface area contributed by atoms with Gasteiger partial charge in [-0.15, -0.1) is 0 Å². The molecule has 33 heavy (non-hydrogen) atoms. The Balaban J connectivity index is 1.47. The van der Waals surface area contributed by atoms with Crippen LogP contribution in [0.1, 0.15) is 51.1 Å². The number of hydrogen-bond acceptors (Lipinski definition) is 4. The minimum atomic E-state index is -0.364. The van der Waals surface area contributed by atoms with E-state index in [1.54, 1.807) is 12.1 Å². The molecule has 0 bridgehead atoms. The Kier molecular flexibility index (Phi) is 7.08. The highest BCUT2D eigenvalue weighted by atomic mass is 16.5. The molecule has 1 saturated carbocycles. The molecule has 5 nitrogen and oxygen atoms in total. The monoisotopic (exact) mass is 443 g/mol. The third-order valence-corrected chi connectivity index (χ3v) is 6.16. The van der Waals surface area contributed by atoms with Crippen LogP contribution < -0.4 is 4.74 Å². The number of hydrogen-bond donors (Lipinski definition) is 0. The highest BCUT2D eigenvalue weighted by molar-refractivity contribution is 5.94. The molecule has 0 N–H and O–H groups in total. The Morgan fingerprint density at radius 3 is 2.18 bits per heavy atom. The summed E-state index contributed by atoms with van der Waals surface area (Å²) in [4.78, 5) is 27.0. The van der Waals surface area contributed by atoms with Crippen molar-refractivity contribution in [2.45, 2.75) is 32.7 Å². The van der Waals surface area contributed by atoms with Crippen LogP contribution in [0.2, 0.25) is 0 Å². The maximum absolute atomic E-state index is 13.4. The first kappa shape index (κ1) is 22.6. The minimum Gasteiger partial charge on any atom is -0.465 e. The van der Waals surface area contributed by atoms with E-state index >= 15 is 0 Å². The molecular formula is C28H29NO4. The molecule has 1 aliphatic rings. The van der Waals surface area contributed by atoms with Gasteiger partial charge in [-0.2, -0.15) is 0 Å². The first-order valence-electron chi connectivity index (χ1n) is 11.3. The van der Waals surface area contributed by atoms with Crippen molar-refractivity contribution in [3.8, 4) is 11.5 Å². The van der Waals surface area contributed by atoms with Gasteiger partial charge in [0.05, 0.1) is 12.7 Å². The van der Waals surface area contributed by atoms with Crippen LogP contribution in [0.4, 0.5) is 0 Å². The second-order valence-electron chi connectivity index (χ2n) is 8.56. The summed E-state index contributed by atoms with van der Waals surface area (Å²) in [6.45, 7) is 3.24. The van der Waals surface area contributed by atoms with Crippen molar-refractivity contribution in [2.24, 2.45) is 5.92 Å². The third kappa shape index (κ3) is 5.61. The number of aryl methyl sites for hydroxylation is 1. The van der Waals surface area contributed by atoms with Gasteiger partial charge in [0.2, 0.25) is 0 Å². The fourth-order valence-electron chi connectivity index (χ4n) is 3.94. The van der Waals surface area contributed by atoms with Crippen LogP contribution >= 0.6 is 0 Å². The lowest BCUT2D eigenvalue weighted by atomic mass is 9.85. The predicted octanol–water partition coefficient (Wildman–Crippen LogP) is 6.02. The molecule has 0 aliphatic heterocycles. The van der Waals surface area contributed by atoms with E-state index in [1.807, 2.05) is 72.5 Å². The fraction of sp³-hybridized carbons (Fsp3) is 0.286. The number of para-hydroxylation sites is 1. The molecule has 0 unspecified atom stereocenters. The second-order valence-corrected chi connectivity index (χ2v) is 8.56. The summed E-state index contributed by atoms with van der Waals surface area (Å²) in [5.74, 6) is 1.69. The predicted molar refractivity (Wildman–Crippen MR) is 128 cm³/mol. The molecule has 1 amide bonds. The second kappa shape index (κ2) is 10.3. The SMILES string of the molecule is COC(=O)c1ccc(CN(CC2CCC2)C(=O)c2ccc(Oc3ccccc3C)cc2)cc1. The van der Waals surface area contributed by atoms with Gasteiger partial charge < -0.3 is 14.4 Å². The molecule has 0 saturated heterocycles. The van der Waals surface area contributed by atoms with Gasteiger partial charge in [-0.05, 0) is 79.3 Å². The van der Waals surface area contributed by atoms with E-state index in [0.29, 0.717) is 29.3 Å². The third-order valence-electron chi connectivity index (χ3n) is 6.16. The summed E-state index contributed by atoms with van der Waals surface area (Å²) in [7, 11) is 1.37. The Morgan fingerprint density at radius 2 is 1.58 bits per heavy atom. The zero-order valence-corrected chi connectivity index (χ0v) is 19.1. The lowest BCUT2D eigenvalue weighted by Crippen LogP contribution is -2.37. The van der Waals surface area contributed by atoms with E-state index in [2.05, 4.69) is 0 Å². The molecule has 3 aromatic rings. The number of amides is 1. The van der Waals surface area contributed by atoms with E-state index in [9.17, 15) is 9.59 Å². The molecular weight excluding hydrogens is 414 g/mol. The van der Waals surface area contributed by atoms with E-state index in [1.165, 1.54) is 13.5 Å². The average molecular weight is 444 g/mol. The van der Waals surface area contributed by atoms with Crippen molar-refractivity contribution < 1.29 is 19.1 Å². The zero-order chi connectivity index (χ0) is 23.2.